The quantitative estimate of drug-likeness (QED) is 0.438. The molecule has 1 aliphatic carbocycles. The third-order valence-electron chi connectivity index (χ3n) is 8.52. The monoisotopic (exact) mass is 509 g/mol. The Morgan fingerprint density at radius 3 is 2.21 bits per heavy atom. The van der Waals surface area contributed by atoms with Crippen LogP contribution in [0.15, 0.2) is 84.9 Å². The lowest BCUT2D eigenvalue weighted by atomic mass is 9.80. The van der Waals surface area contributed by atoms with E-state index < -0.39 is 5.41 Å². The summed E-state index contributed by atoms with van der Waals surface area (Å²) in [5.41, 5.74) is 3.94. The SMILES string of the molecule is CC(=O)NC1(c2ccccc2)CCN(CC2CC2(C(=O)NCCc2ccccc2)c2cccc(C)c2)CC1. The van der Waals surface area contributed by atoms with Gasteiger partial charge in [0.05, 0.1) is 11.0 Å². The number of amides is 2. The Morgan fingerprint density at radius 2 is 1.55 bits per heavy atom. The third-order valence-corrected chi connectivity index (χ3v) is 8.52. The van der Waals surface area contributed by atoms with Crippen LogP contribution in [0, 0.1) is 12.8 Å². The van der Waals surface area contributed by atoms with Crippen LogP contribution in [0.1, 0.15) is 48.4 Å². The molecule has 198 valence electrons. The summed E-state index contributed by atoms with van der Waals surface area (Å²) in [6, 6.07) is 29.1. The maximum absolute atomic E-state index is 13.7. The van der Waals surface area contributed by atoms with Crippen molar-refractivity contribution in [2.24, 2.45) is 5.92 Å². The number of likely N-dealkylation sites (tertiary alicyclic amines) is 1. The molecule has 3 aromatic carbocycles. The van der Waals surface area contributed by atoms with E-state index in [0.717, 1.165) is 50.9 Å². The minimum Gasteiger partial charge on any atom is -0.355 e. The second-order valence-electron chi connectivity index (χ2n) is 11.2. The summed E-state index contributed by atoms with van der Waals surface area (Å²) in [6.07, 6.45) is 3.44. The first-order valence-corrected chi connectivity index (χ1v) is 13.9. The minimum absolute atomic E-state index is 0.00938. The van der Waals surface area contributed by atoms with Crippen molar-refractivity contribution in [2.75, 3.05) is 26.2 Å². The highest BCUT2D eigenvalue weighted by Gasteiger charge is 2.61. The molecule has 2 fully saturated rings. The summed E-state index contributed by atoms with van der Waals surface area (Å²) < 4.78 is 0. The zero-order chi connectivity index (χ0) is 26.6. The molecule has 0 radical (unpaired) electrons. The van der Waals surface area contributed by atoms with E-state index in [1.807, 2.05) is 36.4 Å². The Bertz CT molecular complexity index is 1250. The molecule has 5 heteroatoms. The molecule has 38 heavy (non-hydrogen) atoms. The van der Waals surface area contributed by atoms with E-state index in [0.29, 0.717) is 6.54 Å². The van der Waals surface area contributed by atoms with Crippen LogP contribution in [0.25, 0.3) is 0 Å². The highest BCUT2D eigenvalue weighted by atomic mass is 16.2. The molecule has 1 saturated heterocycles. The van der Waals surface area contributed by atoms with Crippen LogP contribution in [-0.2, 0) is 27.0 Å². The standard InChI is InChI=1S/C33H39N3O2/c1-25-10-9-15-29(22-25)33(31(38)34-19-16-27-11-5-3-6-12-27)23-30(33)24-36-20-17-32(18-21-36,35-26(2)37)28-13-7-4-8-14-28/h3-15,22,30H,16-21,23-24H2,1-2H3,(H,34,38)(H,35,37). The van der Waals surface area contributed by atoms with E-state index in [1.165, 1.54) is 16.7 Å². The minimum atomic E-state index is -0.464. The molecule has 0 spiro atoms. The maximum atomic E-state index is 13.7. The molecular formula is C33H39N3O2. The fourth-order valence-electron chi connectivity index (χ4n) is 6.37. The Labute approximate surface area is 226 Å². The van der Waals surface area contributed by atoms with Gasteiger partial charge >= 0.3 is 0 Å². The van der Waals surface area contributed by atoms with Crippen LogP contribution in [0.2, 0.25) is 0 Å². The van der Waals surface area contributed by atoms with Gasteiger partial charge in [0.15, 0.2) is 0 Å². The van der Waals surface area contributed by atoms with E-state index >= 15 is 0 Å². The molecule has 5 rings (SSSR count). The van der Waals surface area contributed by atoms with Crippen molar-refractivity contribution in [1.82, 2.24) is 15.5 Å². The van der Waals surface area contributed by atoms with Crippen LogP contribution < -0.4 is 10.6 Å². The normalized spacial score (nSPS) is 22.4. The zero-order valence-electron chi connectivity index (χ0n) is 22.6. The number of rotatable bonds is 9. The average molecular weight is 510 g/mol. The number of carbonyl (C=O) groups is 2. The Hall–Kier alpha value is -3.44. The smallest absolute Gasteiger partial charge is 0.231 e. The van der Waals surface area contributed by atoms with Gasteiger partial charge in [-0.3, -0.25) is 9.59 Å². The van der Waals surface area contributed by atoms with Crippen LogP contribution in [0.4, 0.5) is 0 Å². The van der Waals surface area contributed by atoms with Crippen molar-refractivity contribution in [3.05, 3.63) is 107 Å². The number of piperidine rings is 1. The lowest BCUT2D eigenvalue weighted by Crippen LogP contribution is -2.53. The number of benzene rings is 3. The molecule has 2 unspecified atom stereocenters. The van der Waals surface area contributed by atoms with E-state index in [-0.39, 0.29) is 23.3 Å². The number of hydrogen-bond donors (Lipinski definition) is 2. The van der Waals surface area contributed by atoms with Gasteiger partial charge < -0.3 is 15.5 Å². The zero-order valence-corrected chi connectivity index (χ0v) is 22.6. The predicted molar refractivity (Wildman–Crippen MR) is 152 cm³/mol. The molecule has 1 saturated carbocycles. The van der Waals surface area contributed by atoms with Crippen LogP contribution in [0.5, 0.6) is 0 Å². The summed E-state index contributed by atoms with van der Waals surface area (Å²) in [5.74, 6) is 0.444. The highest BCUT2D eigenvalue weighted by molar-refractivity contribution is 5.92. The molecule has 0 bridgehead atoms. The molecule has 3 aromatic rings. The van der Waals surface area contributed by atoms with Gasteiger partial charge in [0.1, 0.15) is 0 Å². The Morgan fingerprint density at radius 1 is 0.895 bits per heavy atom. The molecule has 2 aliphatic rings. The van der Waals surface area contributed by atoms with E-state index in [1.54, 1.807) is 6.92 Å². The van der Waals surface area contributed by atoms with Gasteiger partial charge in [0.2, 0.25) is 11.8 Å². The topological polar surface area (TPSA) is 61.4 Å². The molecular weight excluding hydrogens is 470 g/mol. The van der Waals surface area contributed by atoms with Crippen LogP contribution >= 0.6 is 0 Å². The summed E-state index contributed by atoms with van der Waals surface area (Å²) >= 11 is 0. The molecule has 1 aliphatic heterocycles. The van der Waals surface area contributed by atoms with Gasteiger partial charge in [0, 0.05) is 33.1 Å². The largest absolute Gasteiger partial charge is 0.355 e. The number of carbonyl (C=O) groups excluding carboxylic acids is 2. The van der Waals surface area contributed by atoms with Gasteiger partial charge in [-0.2, -0.15) is 0 Å². The molecule has 0 aromatic heterocycles. The molecule has 2 amide bonds. The van der Waals surface area contributed by atoms with Gasteiger partial charge in [0.25, 0.3) is 0 Å². The average Bonchev–Trinajstić information content (AvgIpc) is 3.65. The van der Waals surface area contributed by atoms with Gasteiger partial charge in [-0.15, -0.1) is 0 Å². The summed E-state index contributed by atoms with van der Waals surface area (Å²) in [4.78, 5) is 28.3. The first kappa shape index (κ1) is 26.2. The number of nitrogens with zero attached hydrogens (tertiary/aromatic N) is 1. The first-order valence-electron chi connectivity index (χ1n) is 13.9. The van der Waals surface area contributed by atoms with Crippen molar-refractivity contribution in [1.29, 1.82) is 0 Å². The fourth-order valence-corrected chi connectivity index (χ4v) is 6.37. The van der Waals surface area contributed by atoms with Gasteiger partial charge in [-0.05, 0) is 55.2 Å². The number of hydrogen-bond acceptors (Lipinski definition) is 3. The molecule has 2 atom stereocenters. The number of nitrogens with one attached hydrogen (secondary N) is 2. The fraction of sp³-hybridized carbons (Fsp3) is 0.394. The molecule has 5 nitrogen and oxygen atoms in total. The first-order chi connectivity index (χ1) is 18.4. The van der Waals surface area contributed by atoms with Crippen molar-refractivity contribution in [2.45, 2.75) is 50.5 Å². The van der Waals surface area contributed by atoms with E-state index in [4.69, 9.17) is 0 Å². The van der Waals surface area contributed by atoms with Crippen molar-refractivity contribution < 1.29 is 9.59 Å². The van der Waals surface area contributed by atoms with Gasteiger partial charge in [-0.1, -0.05) is 90.5 Å². The summed E-state index contributed by atoms with van der Waals surface area (Å²) in [5, 5.41) is 6.54. The van der Waals surface area contributed by atoms with Gasteiger partial charge in [-0.25, -0.2) is 0 Å². The van der Waals surface area contributed by atoms with E-state index in [9.17, 15) is 9.59 Å². The van der Waals surface area contributed by atoms with Crippen LogP contribution in [-0.4, -0.2) is 42.9 Å². The van der Waals surface area contributed by atoms with Crippen LogP contribution in [0.3, 0.4) is 0 Å². The Balaban J connectivity index is 1.26. The van der Waals surface area contributed by atoms with Crippen molar-refractivity contribution >= 4 is 11.8 Å². The summed E-state index contributed by atoms with van der Waals surface area (Å²) in [6.45, 7) is 7.02. The second-order valence-corrected chi connectivity index (χ2v) is 11.2. The van der Waals surface area contributed by atoms with Crippen molar-refractivity contribution in [3.63, 3.8) is 0 Å². The predicted octanol–water partition coefficient (Wildman–Crippen LogP) is 4.74. The lowest BCUT2D eigenvalue weighted by Gasteiger charge is -2.43. The highest BCUT2D eigenvalue weighted by Crippen LogP contribution is 2.55. The molecule has 1 heterocycles. The maximum Gasteiger partial charge on any atom is 0.231 e. The van der Waals surface area contributed by atoms with E-state index in [2.05, 4.69) is 71.0 Å². The Kier molecular flexibility index (Phi) is 7.66. The second kappa shape index (κ2) is 11.1. The number of aryl methyl sites for hydroxylation is 1. The third kappa shape index (κ3) is 5.53. The molecule has 2 N–H and O–H groups in total. The van der Waals surface area contributed by atoms with Crippen molar-refractivity contribution in [3.8, 4) is 0 Å². The summed E-state index contributed by atoms with van der Waals surface area (Å²) in [7, 11) is 0. The lowest BCUT2D eigenvalue weighted by molar-refractivity contribution is -0.124.